The summed E-state index contributed by atoms with van der Waals surface area (Å²) in [5.41, 5.74) is 3.59. The molecule has 3 heteroatoms. The first kappa shape index (κ1) is 13.5. The molecule has 0 spiro atoms. The third kappa shape index (κ3) is 2.67. The Balaban J connectivity index is 1.84. The molecule has 0 heterocycles. The fourth-order valence-corrected chi connectivity index (χ4v) is 2.83. The molecular formula is C17H17ClO2. The van der Waals surface area contributed by atoms with Crippen molar-refractivity contribution >= 4 is 11.6 Å². The molecule has 0 amide bonds. The Morgan fingerprint density at radius 1 is 1.10 bits per heavy atom. The zero-order valence-corrected chi connectivity index (χ0v) is 12.2. The third-order valence-electron chi connectivity index (χ3n) is 3.74. The summed E-state index contributed by atoms with van der Waals surface area (Å²) in [7, 11) is 0. The van der Waals surface area contributed by atoms with E-state index in [9.17, 15) is 5.11 Å². The first-order chi connectivity index (χ1) is 9.63. The lowest BCUT2D eigenvalue weighted by molar-refractivity contribution is 0.199. The number of aliphatic hydroxyl groups excluding tert-OH is 1. The summed E-state index contributed by atoms with van der Waals surface area (Å²) < 4.78 is 5.86. The SMILES string of the molecule is C[C@H](O)c1ccc(Oc2ccc3c(c2)CCC3)c(Cl)c1. The van der Waals surface area contributed by atoms with E-state index in [0.717, 1.165) is 17.7 Å². The van der Waals surface area contributed by atoms with Crippen LogP contribution in [-0.2, 0) is 12.8 Å². The number of aryl methyl sites for hydroxylation is 2. The van der Waals surface area contributed by atoms with Crippen molar-refractivity contribution in [2.24, 2.45) is 0 Å². The predicted octanol–water partition coefficient (Wildman–Crippen LogP) is 4.67. The summed E-state index contributed by atoms with van der Waals surface area (Å²) in [5.74, 6) is 1.44. The van der Waals surface area contributed by atoms with Crippen molar-refractivity contribution in [1.29, 1.82) is 0 Å². The smallest absolute Gasteiger partial charge is 0.146 e. The molecule has 0 radical (unpaired) electrons. The second-order valence-corrected chi connectivity index (χ2v) is 5.66. The number of fused-ring (bicyclic) bond motifs is 1. The Morgan fingerprint density at radius 3 is 2.65 bits per heavy atom. The van der Waals surface area contributed by atoms with Gasteiger partial charge in [0.25, 0.3) is 0 Å². The maximum absolute atomic E-state index is 9.54. The fourth-order valence-electron chi connectivity index (χ4n) is 2.60. The molecular weight excluding hydrogens is 272 g/mol. The van der Waals surface area contributed by atoms with Crippen molar-refractivity contribution in [3.05, 3.63) is 58.1 Å². The van der Waals surface area contributed by atoms with Crippen LogP contribution in [0.2, 0.25) is 5.02 Å². The Bertz CT molecular complexity index is 635. The van der Waals surface area contributed by atoms with E-state index >= 15 is 0 Å². The predicted molar refractivity (Wildman–Crippen MR) is 80.6 cm³/mol. The van der Waals surface area contributed by atoms with Gasteiger partial charge in [-0.15, -0.1) is 0 Å². The standard InChI is InChI=1S/C17H17ClO2/c1-11(19)13-6-8-17(16(18)10-13)20-15-7-5-12-3-2-4-14(12)9-15/h5-11,19H,2-4H2,1H3/t11-/m0/s1. The van der Waals surface area contributed by atoms with Crippen LogP contribution in [0, 0.1) is 0 Å². The average Bonchev–Trinajstić information content (AvgIpc) is 2.88. The number of halogens is 1. The van der Waals surface area contributed by atoms with Gasteiger partial charge >= 0.3 is 0 Å². The highest BCUT2D eigenvalue weighted by Gasteiger charge is 2.12. The maximum Gasteiger partial charge on any atom is 0.146 e. The zero-order valence-electron chi connectivity index (χ0n) is 11.4. The topological polar surface area (TPSA) is 29.5 Å². The summed E-state index contributed by atoms with van der Waals surface area (Å²) in [4.78, 5) is 0. The van der Waals surface area contributed by atoms with Crippen LogP contribution in [0.25, 0.3) is 0 Å². The molecule has 104 valence electrons. The van der Waals surface area contributed by atoms with Gasteiger partial charge in [0.1, 0.15) is 11.5 Å². The van der Waals surface area contributed by atoms with Crippen LogP contribution >= 0.6 is 11.6 Å². The van der Waals surface area contributed by atoms with E-state index in [2.05, 4.69) is 12.1 Å². The van der Waals surface area contributed by atoms with Crippen molar-refractivity contribution in [1.82, 2.24) is 0 Å². The highest BCUT2D eigenvalue weighted by Crippen LogP contribution is 2.33. The quantitative estimate of drug-likeness (QED) is 0.889. The molecule has 0 bridgehead atoms. The summed E-state index contributed by atoms with van der Waals surface area (Å²) >= 11 is 6.20. The van der Waals surface area contributed by atoms with Crippen molar-refractivity contribution in [2.75, 3.05) is 0 Å². The minimum Gasteiger partial charge on any atom is -0.456 e. The molecule has 0 unspecified atom stereocenters. The van der Waals surface area contributed by atoms with Crippen LogP contribution in [0.15, 0.2) is 36.4 Å². The molecule has 2 nitrogen and oxygen atoms in total. The lowest BCUT2D eigenvalue weighted by Crippen LogP contribution is -1.93. The van der Waals surface area contributed by atoms with E-state index in [1.54, 1.807) is 19.1 Å². The van der Waals surface area contributed by atoms with E-state index in [0.29, 0.717) is 10.8 Å². The molecule has 0 aromatic heterocycles. The Hall–Kier alpha value is -1.51. The summed E-state index contributed by atoms with van der Waals surface area (Å²) in [6, 6.07) is 11.6. The molecule has 2 aromatic rings. The molecule has 20 heavy (non-hydrogen) atoms. The minimum absolute atomic E-state index is 0.517. The van der Waals surface area contributed by atoms with Gasteiger partial charge in [0, 0.05) is 0 Å². The largest absolute Gasteiger partial charge is 0.456 e. The van der Waals surface area contributed by atoms with Crippen molar-refractivity contribution in [2.45, 2.75) is 32.3 Å². The Labute approximate surface area is 124 Å². The van der Waals surface area contributed by atoms with E-state index < -0.39 is 6.10 Å². The summed E-state index contributed by atoms with van der Waals surface area (Å²) in [5, 5.41) is 10.1. The van der Waals surface area contributed by atoms with Crippen LogP contribution < -0.4 is 4.74 Å². The van der Waals surface area contributed by atoms with Crippen molar-refractivity contribution in [3.8, 4) is 11.5 Å². The van der Waals surface area contributed by atoms with Crippen LogP contribution in [0.3, 0.4) is 0 Å². The second-order valence-electron chi connectivity index (χ2n) is 5.25. The number of ether oxygens (including phenoxy) is 1. The Kier molecular flexibility index (Phi) is 3.68. The monoisotopic (exact) mass is 288 g/mol. The van der Waals surface area contributed by atoms with E-state index in [4.69, 9.17) is 16.3 Å². The fraction of sp³-hybridized carbons (Fsp3) is 0.294. The van der Waals surface area contributed by atoms with Crippen LogP contribution in [0.5, 0.6) is 11.5 Å². The van der Waals surface area contributed by atoms with Crippen molar-refractivity contribution in [3.63, 3.8) is 0 Å². The lowest BCUT2D eigenvalue weighted by atomic mass is 10.1. The highest BCUT2D eigenvalue weighted by atomic mass is 35.5. The van der Waals surface area contributed by atoms with E-state index in [1.807, 2.05) is 12.1 Å². The molecule has 1 atom stereocenters. The van der Waals surface area contributed by atoms with Crippen molar-refractivity contribution < 1.29 is 9.84 Å². The Morgan fingerprint density at radius 2 is 1.90 bits per heavy atom. The highest BCUT2D eigenvalue weighted by molar-refractivity contribution is 6.32. The maximum atomic E-state index is 9.54. The molecule has 1 N–H and O–H groups in total. The second kappa shape index (κ2) is 5.47. The van der Waals surface area contributed by atoms with Crippen LogP contribution in [0.4, 0.5) is 0 Å². The van der Waals surface area contributed by atoms with Gasteiger partial charge in [-0.1, -0.05) is 23.7 Å². The number of rotatable bonds is 3. The van der Waals surface area contributed by atoms with Gasteiger partial charge in [-0.3, -0.25) is 0 Å². The molecule has 2 aromatic carbocycles. The third-order valence-corrected chi connectivity index (χ3v) is 4.03. The molecule has 0 aliphatic heterocycles. The van der Waals surface area contributed by atoms with E-state index in [1.165, 1.54) is 24.0 Å². The molecule has 0 saturated carbocycles. The first-order valence-electron chi connectivity index (χ1n) is 6.90. The van der Waals surface area contributed by atoms with Gasteiger partial charge in [0.05, 0.1) is 11.1 Å². The summed E-state index contributed by atoms with van der Waals surface area (Å²) in [6.45, 7) is 1.71. The number of aliphatic hydroxyl groups is 1. The lowest BCUT2D eigenvalue weighted by Gasteiger charge is -2.11. The number of hydrogen-bond acceptors (Lipinski definition) is 2. The van der Waals surface area contributed by atoms with Gasteiger partial charge in [-0.2, -0.15) is 0 Å². The van der Waals surface area contributed by atoms with Gasteiger partial charge in [-0.25, -0.2) is 0 Å². The number of benzene rings is 2. The van der Waals surface area contributed by atoms with Gasteiger partial charge in [-0.05, 0) is 67.1 Å². The van der Waals surface area contributed by atoms with Crippen LogP contribution in [0.1, 0.15) is 36.1 Å². The first-order valence-corrected chi connectivity index (χ1v) is 7.28. The van der Waals surface area contributed by atoms with Gasteiger partial charge in [0.2, 0.25) is 0 Å². The average molecular weight is 289 g/mol. The molecule has 0 saturated heterocycles. The molecule has 1 aliphatic rings. The molecule has 0 fully saturated rings. The van der Waals surface area contributed by atoms with Gasteiger partial charge in [0.15, 0.2) is 0 Å². The minimum atomic E-state index is -0.526. The normalized spacial score (nSPS) is 14.9. The van der Waals surface area contributed by atoms with E-state index in [-0.39, 0.29) is 0 Å². The van der Waals surface area contributed by atoms with Gasteiger partial charge < -0.3 is 9.84 Å². The zero-order chi connectivity index (χ0) is 14.1. The molecule has 3 rings (SSSR count). The molecule has 1 aliphatic carbocycles. The van der Waals surface area contributed by atoms with Crippen LogP contribution in [-0.4, -0.2) is 5.11 Å². The number of hydrogen-bond donors (Lipinski definition) is 1. The summed E-state index contributed by atoms with van der Waals surface area (Å²) in [6.07, 6.45) is 2.99.